The van der Waals surface area contributed by atoms with Gasteiger partial charge >= 0.3 is 0 Å². The van der Waals surface area contributed by atoms with Crippen molar-refractivity contribution in [3.05, 3.63) is 35.2 Å². The monoisotopic (exact) mass is 261 g/mol. The van der Waals surface area contributed by atoms with Crippen molar-refractivity contribution in [2.45, 2.75) is 33.3 Å². The molecule has 0 aliphatic carbocycles. The van der Waals surface area contributed by atoms with Gasteiger partial charge in [-0.25, -0.2) is 0 Å². The average molecular weight is 261 g/mol. The quantitative estimate of drug-likeness (QED) is 0.888. The highest BCUT2D eigenvalue weighted by Crippen LogP contribution is 2.34. The van der Waals surface area contributed by atoms with Gasteiger partial charge in [0.2, 0.25) is 0 Å². The van der Waals surface area contributed by atoms with Crippen LogP contribution in [0.1, 0.15) is 25.6 Å². The third-order valence-electron chi connectivity index (χ3n) is 2.70. The molecular formula is C15H19NOS. The fourth-order valence-electron chi connectivity index (χ4n) is 1.84. The Balaban J connectivity index is 2.25. The van der Waals surface area contributed by atoms with E-state index >= 15 is 0 Å². The van der Waals surface area contributed by atoms with Crippen molar-refractivity contribution in [1.29, 1.82) is 0 Å². The van der Waals surface area contributed by atoms with Crippen molar-refractivity contribution < 1.29 is 4.74 Å². The van der Waals surface area contributed by atoms with Crippen LogP contribution in [0.25, 0.3) is 11.1 Å². The zero-order chi connectivity index (χ0) is 13.1. The molecule has 1 heterocycles. The molecule has 0 aliphatic heterocycles. The molecule has 0 fully saturated rings. The minimum atomic E-state index is 0.203. The first-order chi connectivity index (χ1) is 8.60. The molecule has 0 atom stereocenters. The van der Waals surface area contributed by atoms with Crippen molar-refractivity contribution in [1.82, 2.24) is 0 Å². The SMILES string of the molecule is CCc1cc(-c2ccc(OC(C)C)cc2)c(N)s1. The molecule has 2 rings (SSSR count). The summed E-state index contributed by atoms with van der Waals surface area (Å²) >= 11 is 1.67. The molecule has 2 N–H and O–H groups in total. The topological polar surface area (TPSA) is 35.2 Å². The van der Waals surface area contributed by atoms with E-state index in [2.05, 4.69) is 25.1 Å². The van der Waals surface area contributed by atoms with Crippen LogP contribution < -0.4 is 10.5 Å². The molecule has 0 amide bonds. The third kappa shape index (κ3) is 2.85. The van der Waals surface area contributed by atoms with Gasteiger partial charge in [0, 0.05) is 10.4 Å². The lowest BCUT2D eigenvalue weighted by Crippen LogP contribution is -2.05. The number of thiophene rings is 1. The van der Waals surface area contributed by atoms with Gasteiger partial charge in [0.1, 0.15) is 5.75 Å². The van der Waals surface area contributed by atoms with Crippen LogP contribution in [0, 0.1) is 0 Å². The Kier molecular flexibility index (Phi) is 3.92. The van der Waals surface area contributed by atoms with E-state index in [1.54, 1.807) is 11.3 Å². The molecule has 0 bridgehead atoms. The van der Waals surface area contributed by atoms with Crippen LogP contribution in [0.4, 0.5) is 5.00 Å². The minimum Gasteiger partial charge on any atom is -0.491 e. The molecule has 0 unspecified atom stereocenters. The van der Waals surface area contributed by atoms with E-state index in [0.29, 0.717) is 0 Å². The van der Waals surface area contributed by atoms with Gasteiger partial charge < -0.3 is 10.5 Å². The standard InChI is InChI=1S/C15H19NOS/c1-4-13-9-14(15(16)18-13)11-5-7-12(8-6-11)17-10(2)3/h5-10H,4,16H2,1-3H3. The molecule has 2 aromatic rings. The van der Waals surface area contributed by atoms with E-state index in [0.717, 1.165) is 28.3 Å². The Morgan fingerprint density at radius 1 is 1.22 bits per heavy atom. The molecule has 3 heteroatoms. The number of benzene rings is 1. The van der Waals surface area contributed by atoms with E-state index < -0.39 is 0 Å². The summed E-state index contributed by atoms with van der Waals surface area (Å²) in [7, 11) is 0. The number of rotatable bonds is 4. The summed E-state index contributed by atoms with van der Waals surface area (Å²) in [4.78, 5) is 1.32. The summed E-state index contributed by atoms with van der Waals surface area (Å²) in [5, 5.41) is 0.893. The van der Waals surface area contributed by atoms with Gasteiger partial charge in [0.05, 0.1) is 11.1 Å². The maximum Gasteiger partial charge on any atom is 0.119 e. The predicted octanol–water partition coefficient (Wildman–Crippen LogP) is 4.35. The van der Waals surface area contributed by atoms with Crippen LogP contribution in [0.15, 0.2) is 30.3 Å². The van der Waals surface area contributed by atoms with Crippen LogP contribution in [0.3, 0.4) is 0 Å². The number of ether oxygens (including phenoxy) is 1. The van der Waals surface area contributed by atoms with E-state index in [-0.39, 0.29) is 6.10 Å². The second-order valence-electron chi connectivity index (χ2n) is 4.54. The molecule has 96 valence electrons. The van der Waals surface area contributed by atoms with Gasteiger partial charge in [-0.05, 0) is 44.0 Å². The third-order valence-corrected chi connectivity index (χ3v) is 3.81. The molecule has 1 aromatic carbocycles. The van der Waals surface area contributed by atoms with Crippen molar-refractivity contribution in [3.63, 3.8) is 0 Å². The molecule has 0 saturated carbocycles. The first-order valence-corrected chi connectivity index (χ1v) is 7.07. The summed E-state index contributed by atoms with van der Waals surface area (Å²) in [6, 6.07) is 10.3. The number of anilines is 1. The summed E-state index contributed by atoms with van der Waals surface area (Å²) < 4.78 is 5.63. The van der Waals surface area contributed by atoms with Gasteiger partial charge in [0.25, 0.3) is 0 Å². The Labute approximate surface area is 112 Å². The smallest absolute Gasteiger partial charge is 0.119 e. The van der Waals surface area contributed by atoms with Gasteiger partial charge in [-0.1, -0.05) is 19.1 Å². The lowest BCUT2D eigenvalue weighted by molar-refractivity contribution is 0.242. The van der Waals surface area contributed by atoms with Crippen molar-refractivity contribution in [2.75, 3.05) is 5.73 Å². The van der Waals surface area contributed by atoms with Gasteiger partial charge in [-0.15, -0.1) is 11.3 Å². The molecule has 0 radical (unpaired) electrons. The lowest BCUT2D eigenvalue weighted by Gasteiger charge is -2.09. The Morgan fingerprint density at radius 2 is 1.89 bits per heavy atom. The number of nitrogen functional groups attached to an aromatic ring is 1. The van der Waals surface area contributed by atoms with E-state index in [9.17, 15) is 0 Å². The average Bonchev–Trinajstić information content (AvgIpc) is 2.71. The Morgan fingerprint density at radius 3 is 2.39 bits per heavy atom. The Hall–Kier alpha value is -1.48. The van der Waals surface area contributed by atoms with Crippen molar-refractivity contribution >= 4 is 16.3 Å². The molecule has 18 heavy (non-hydrogen) atoms. The molecule has 2 nitrogen and oxygen atoms in total. The predicted molar refractivity (Wildman–Crippen MR) is 79.3 cm³/mol. The molecular weight excluding hydrogens is 242 g/mol. The maximum absolute atomic E-state index is 6.06. The summed E-state index contributed by atoms with van der Waals surface area (Å²) in [6.07, 6.45) is 1.23. The van der Waals surface area contributed by atoms with Crippen LogP contribution in [0.5, 0.6) is 5.75 Å². The number of hydrogen-bond acceptors (Lipinski definition) is 3. The lowest BCUT2D eigenvalue weighted by atomic mass is 10.1. The molecule has 0 aliphatic rings. The van der Waals surface area contributed by atoms with Crippen LogP contribution in [-0.2, 0) is 6.42 Å². The number of nitrogens with two attached hydrogens (primary N) is 1. The zero-order valence-corrected chi connectivity index (χ0v) is 11.9. The van der Waals surface area contributed by atoms with E-state index in [1.807, 2.05) is 26.0 Å². The highest BCUT2D eigenvalue weighted by Gasteiger charge is 2.08. The van der Waals surface area contributed by atoms with Gasteiger partial charge in [-0.2, -0.15) is 0 Å². The zero-order valence-electron chi connectivity index (χ0n) is 11.1. The van der Waals surface area contributed by atoms with E-state index in [1.165, 1.54) is 4.88 Å². The highest BCUT2D eigenvalue weighted by atomic mass is 32.1. The maximum atomic E-state index is 6.06. The molecule has 0 spiro atoms. The largest absolute Gasteiger partial charge is 0.491 e. The second-order valence-corrected chi connectivity index (χ2v) is 5.70. The van der Waals surface area contributed by atoms with Crippen LogP contribution in [0.2, 0.25) is 0 Å². The van der Waals surface area contributed by atoms with Gasteiger partial charge in [0.15, 0.2) is 0 Å². The first kappa shape index (κ1) is 13.0. The van der Waals surface area contributed by atoms with Crippen molar-refractivity contribution in [2.24, 2.45) is 0 Å². The number of aryl methyl sites for hydroxylation is 1. The highest BCUT2D eigenvalue weighted by molar-refractivity contribution is 7.16. The normalized spacial score (nSPS) is 10.9. The second kappa shape index (κ2) is 5.44. The fraction of sp³-hybridized carbons (Fsp3) is 0.333. The summed E-state index contributed by atoms with van der Waals surface area (Å²) in [6.45, 7) is 6.20. The first-order valence-electron chi connectivity index (χ1n) is 6.25. The summed E-state index contributed by atoms with van der Waals surface area (Å²) in [5.41, 5.74) is 8.34. The van der Waals surface area contributed by atoms with Crippen molar-refractivity contribution in [3.8, 4) is 16.9 Å². The van der Waals surface area contributed by atoms with Gasteiger partial charge in [-0.3, -0.25) is 0 Å². The summed E-state index contributed by atoms with van der Waals surface area (Å²) in [5.74, 6) is 0.901. The number of hydrogen-bond donors (Lipinski definition) is 1. The molecule has 0 saturated heterocycles. The Bertz CT molecular complexity index is 514. The van der Waals surface area contributed by atoms with Crippen LogP contribution >= 0.6 is 11.3 Å². The van der Waals surface area contributed by atoms with E-state index in [4.69, 9.17) is 10.5 Å². The minimum absolute atomic E-state index is 0.203. The fourth-order valence-corrected chi connectivity index (χ4v) is 2.73. The molecule has 1 aromatic heterocycles. The van der Waals surface area contributed by atoms with Crippen LogP contribution in [-0.4, -0.2) is 6.10 Å².